The lowest BCUT2D eigenvalue weighted by atomic mass is 9.94. The fraction of sp³-hybridized carbons (Fsp3) is 0.412. The van der Waals surface area contributed by atoms with E-state index in [0.717, 1.165) is 72.0 Å². The molecule has 0 bridgehead atoms. The molecule has 3 aromatic carbocycles. The normalized spacial score (nSPS) is 14.8. The number of hydrogen-bond donors (Lipinski definition) is 1. The molecule has 1 atom stereocenters. The van der Waals surface area contributed by atoms with E-state index in [9.17, 15) is 31.2 Å². The molecule has 4 rings (SSSR count). The zero-order valence-electron chi connectivity index (χ0n) is 25.4. The van der Waals surface area contributed by atoms with E-state index < -0.39 is 27.8 Å². The third-order valence-electron chi connectivity index (χ3n) is 8.03. The molecule has 0 spiro atoms. The van der Waals surface area contributed by atoms with E-state index in [1.165, 1.54) is 6.07 Å². The topological polar surface area (TPSA) is 86.8 Å². The minimum atomic E-state index is -4.64. The summed E-state index contributed by atoms with van der Waals surface area (Å²) in [5, 5.41) is 3.18. The second kappa shape index (κ2) is 15.4. The van der Waals surface area contributed by atoms with Crippen LogP contribution in [0.3, 0.4) is 0 Å². The van der Waals surface area contributed by atoms with E-state index in [-0.39, 0.29) is 55.9 Å². The van der Waals surface area contributed by atoms with Crippen molar-refractivity contribution in [3.63, 3.8) is 0 Å². The predicted octanol–water partition coefficient (Wildman–Crippen LogP) is 6.34. The highest BCUT2D eigenvalue weighted by Gasteiger charge is 2.33. The summed E-state index contributed by atoms with van der Waals surface area (Å²) in [6, 6.07) is 22.1. The number of hydrogen-bond acceptors (Lipinski definition) is 4. The van der Waals surface area contributed by atoms with Crippen LogP contribution >= 0.6 is 0 Å². The Bertz CT molecular complexity index is 1510. The second-order valence-electron chi connectivity index (χ2n) is 11.5. The number of halogens is 3. The first-order chi connectivity index (χ1) is 21.4. The van der Waals surface area contributed by atoms with Crippen LogP contribution in [0.25, 0.3) is 0 Å². The van der Waals surface area contributed by atoms with Gasteiger partial charge in [0.1, 0.15) is 6.04 Å². The van der Waals surface area contributed by atoms with Gasteiger partial charge < -0.3 is 10.2 Å². The minimum absolute atomic E-state index is 0.0361. The van der Waals surface area contributed by atoms with Gasteiger partial charge in [-0.15, -0.1) is 0 Å². The molecule has 2 amide bonds. The largest absolute Gasteiger partial charge is 0.416 e. The van der Waals surface area contributed by atoms with Gasteiger partial charge in [0.25, 0.3) is 0 Å². The van der Waals surface area contributed by atoms with Crippen molar-refractivity contribution in [2.24, 2.45) is 0 Å². The van der Waals surface area contributed by atoms with Gasteiger partial charge in [0.15, 0.2) is 0 Å². The van der Waals surface area contributed by atoms with Gasteiger partial charge in [0.05, 0.1) is 17.5 Å². The van der Waals surface area contributed by atoms with Crippen LogP contribution in [-0.2, 0) is 38.8 Å². The monoisotopic (exact) mass is 643 g/mol. The molecule has 0 unspecified atom stereocenters. The molecule has 0 radical (unpaired) electrons. The molecule has 0 aliphatic heterocycles. The highest BCUT2D eigenvalue weighted by molar-refractivity contribution is 7.92. The van der Waals surface area contributed by atoms with Crippen LogP contribution in [0, 0.1) is 0 Å². The fourth-order valence-corrected chi connectivity index (χ4v) is 6.68. The Balaban J connectivity index is 1.58. The van der Waals surface area contributed by atoms with Crippen LogP contribution in [0.4, 0.5) is 18.9 Å². The molecular formula is C34H40F3N3O4S. The van der Waals surface area contributed by atoms with Gasteiger partial charge in [-0.1, -0.05) is 86.0 Å². The summed E-state index contributed by atoms with van der Waals surface area (Å²) in [7, 11) is -3.96. The molecule has 1 aliphatic rings. The lowest BCUT2D eigenvalue weighted by molar-refractivity contribution is -0.141. The maximum Gasteiger partial charge on any atom is 0.416 e. The van der Waals surface area contributed by atoms with Gasteiger partial charge in [-0.25, -0.2) is 8.42 Å². The number of nitrogens with one attached hydrogen (secondary N) is 1. The Morgan fingerprint density at radius 1 is 0.889 bits per heavy atom. The molecule has 1 aliphatic carbocycles. The van der Waals surface area contributed by atoms with Crippen molar-refractivity contribution in [1.82, 2.24) is 10.2 Å². The standard InChI is InChI=1S/C34H40F3N3O4S/c1-45(43,44)40(30-20-11-17-28(24-30)34(35,36)37)22-12-21-32(41)39(25-27-15-7-3-8-16-27)31(23-26-13-5-2-6-14-26)33(42)38-29-18-9-4-10-19-29/h2-3,5-8,11,13-17,20,24,29,31H,4,9-10,12,18-19,21-23,25H2,1H3,(H,38,42)/t31-/m0/s1. The van der Waals surface area contributed by atoms with E-state index in [4.69, 9.17) is 0 Å². The molecule has 45 heavy (non-hydrogen) atoms. The molecule has 0 saturated heterocycles. The highest BCUT2D eigenvalue weighted by Crippen LogP contribution is 2.32. The molecule has 3 aromatic rings. The van der Waals surface area contributed by atoms with E-state index >= 15 is 0 Å². The molecule has 0 heterocycles. The average Bonchev–Trinajstić information content (AvgIpc) is 3.01. The van der Waals surface area contributed by atoms with Crippen molar-refractivity contribution in [2.45, 2.75) is 76.2 Å². The van der Waals surface area contributed by atoms with Crippen molar-refractivity contribution < 1.29 is 31.2 Å². The Morgan fingerprint density at radius 3 is 2.11 bits per heavy atom. The quantitative estimate of drug-likeness (QED) is 0.236. The zero-order chi connectivity index (χ0) is 32.5. The number of carbonyl (C=O) groups excluding carboxylic acids is 2. The number of anilines is 1. The van der Waals surface area contributed by atoms with E-state index in [1.54, 1.807) is 4.90 Å². The number of amides is 2. The summed E-state index contributed by atoms with van der Waals surface area (Å²) in [5.74, 6) is -0.590. The molecule has 1 N–H and O–H groups in total. The summed E-state index contributed by atoms with van der Waals surface area (Å²) in [6.07, 6.45) is 1.45. The summed E-state index contributed by atoms with van der Waals surface area (Å²) < 4.78 is 66.2. The first-order valence-corrected chi connectivity index (χ1v) is 17.1. The number of nitrogens with zero attached hydrogens (tertiary/aromatic N) is 2. The summed E-state index contributed by atoms with van der Waals surface area (Å²) in [5.41, 5.74) is 0.622. The summed E-state index contributed by atoms with van der Waals surface area (Å²) in [6.45, 7) is -0.0403. The second-order valence-corrected chi connectivity index (χ2v) is 13.4. The maximum atomic E-state index is 14.0. The van der Waals surface area contributed by atoms with Crippen molar-refractivity contribution in [1.29, 1.82) is 0 Å². The van der Waals surface area contributed by atoms with Crippen LogP contribution in [0.5, 0.6) is 0 Å². The van der Waals surface area contributed by atoms with Gasteiger partial charge in [0, 0.05) is 32.0 Å². The molecule has 11 heteroatoms. The first-order valence-electron chi connectivity index (χ1n) is 15.2. The Labute approximate surface area is 263 Å². The smallest absolute Gasteiger partial charge is 0.352 e. The Morgan fingerprint density at radius 2 is 1.51 bits per heavy atom. The van der Waals surface area contributed by atoms with Crippen molar-refractivity contribution in [3.8, 4) is 0 Å². The Hall–Kier alpha value is -3.86. The number of rotatable bonds is 13. The summed E-state index contributed by atoms with van der Waals surface area (Å²) in [4.78, 5) is 29.4. The van der Waals surface area contributed by atoms with E-state index in [1.807, 2.05) is 60.7 Å². The third-order valence-corrected chi connectivity index (χ3v) is 9.23. The lowest BCUT2D eigenvalue weighted by Crippen LogP contribution is -2.52. The number of benzene rings is 3. The van der Waals surface area contributed by atoms with Crippen LogP contribution in [-0.4, -0.2) is 50.0 Å². The molecule has 0 aromatic heterocycles. The van der Waals surface area contributed by atoms with Crippen LogP contribution in [0.15, 0.2) is 84.9 Å². The zero-order valence-corrected chi connectivity index (χ0v) is 26.2. The van der Waals surface area contributed by atoms with Gasteiger partial charge in [-0.3, -0.25) is 13.9 Å². The number of carbonyl (C=O) groups is 2. The predicted molar refractivity (Wildman–Crippen MR) is 169 cm³/mol. The van der Waals surface area contributed by atoms with Gasteiger partial charge in [-0.05, 0) is 48.6 Å². The number of sulfonamides is 1. The van der Waals surface area contributed by atoms with Crippen molar-refractivity contribution in [3.05, 3.63) is 102 Å². The third kappa shape index (κ3) is 10.1. The van der Waals surface area contributed by atoms with Crippen LogP contribution < -0.4 is 9.62 Å². The van der Waals surface area contributed by atoms with Gasteiger partial charge in [0.2, 0.25) is 21.8 Å². The molecule has 7 nitrogen and oxygen atoms in total. The summed E-state index contributed by atoms with van der Waals surface area (Å²) >= 11 is 0. The van der Waals surface area contributed by atoms with Crippen molar-refractivity contribution in [2.75, 3.05) is 17.1 Å². The molecule has 1 fully saturated rings. The maximum absolute atomic E-state index is 14.0. The Kier molecular flexibility index (Phi) is 11.7. The van der Waals surface area contributed by atoms with Gasteiger partial charge >= 0.3 is 6.18 Å². The van der Waals surface area contributed by atoms with E-state index in [0.29, 0.717) is 0 Å². The lowest BCUT2D eigenvalue weighted by Gasteiger charge is -2.34. The number of alkyl halides is 3. The molecular weight excluding hydrogens is 603 g/mol. The van der Waals surface area contributed by atoms with Crippen LogP contribution in [0.2, 0.25) is 0 Å². The molecule has 1 saturated carbocycles. The SMILES string of the molecule is CS(=O)(=O)N(CCCC(=O)N(Cc1ccccc1)[C@@H](Cc1ccccc1)C(=O)NC1CCCCC1)c1cccc(C(F)(F)F)c1. The van der Waals surface area contributed by atoms with E-state index in [2.05, 4.69) is 5.32 Å². The van der Waals surface area contributed by atoms with Crippen LogP contribution in [0.1, 0.15) is 61.6 Å². The van der Waals surface area contributed by atoms with Crippen molar-refractivity contribution >= 4 is 27.5 Å². The molecule has 242 valence electrons. The van der Waals surface area contributed by atoms with Gasteiger partial charge in [-0.2, -0.15) is 13.2 Å². The fourth-order valence-electron chi connectivity index (χ4n) is 5.72. The average molecular weight is 644 g/mol. The first kappa shape index (κ1) is 34.0. The minimum Gasteiger partial charge on any atom is -0.352 e. The highest BCUT2D eigenvalue weighted by atomic mass is 32.2.